The molecule has 0 bridgehead atoms. The minimum absolute atomic E-state index is 0.266. The first-order valence-electron chi connectivity index (χ1n) is 7.60. The first kappa shape index (κ1) is 13.0. The van der Waals surface area contributed by atoms with Crippen molar-refractivity contribution in [1.82, 2.24) is 9.36 Å². The highest BCUT2D eigenvalue weighted by Gasteiger charge is 2.41. The third kappa shape index (κ3) is 2.34. The van der Waals surface area contributed by atoms with Crippen molar-refractivity contribution in [1.29, 1.82) is 0 Å². The van der Waals surface area contributed by atoms with Crippen LogP contribution >= 0.6 is 11.5 Å². The average molecular weight is 295 g/mol. The summed E-state index contributed by atoms with van der Waals surface area (Å²) in [7, 11) is 2.15. The van der Waals surface area contributed by atoms with Gasteiger partial charge in [-0.25, -0.2) is 4.98 Å². The van der Waals surface area contributed by atoms with Crippen molar-refractivity contribution < 1.29 is 9.47 Å². The van der Waals surface area contributed by atoms with Gasteiger partial charge in [0.05, 0.1) is 13.2 Å². The quantitative estimate of drug-likeness (QED) is 0.857. The van der Waals surface area contributed by atoms with Crippen LogP contribution in [0.3, 0.4) is 0 Å². The molecule has 3 fully saturated rings. The number of hydrogen-bond acceptors (Lipinski definition) is 6. The van der Waals surface area contributed by atoms with Crippen molar-refractivity contribution in [3.63, 3.8) is 0 Å². The van der Waals surface area contributed by atoms with Gasteiger partial charge in [0.25, 0.3) is 0 Å². The van der Waals surface area contributed by atoms with Gasteiger partial charge in [-0.15, -0.1) is 0 Å². The van der Waals surface area contributed by atoms with Crippen LogP contribution in [0.15, 0.2) is 0 Å². The molecule has 1 aliphatic heterocycles. The van der Waals surface area contributed by atoms with Gasteiger partial charge in [-0.3, -0.25) is 0 Å². The Kier molecular flexibility index (Phi) is 3.20. The summed E-state index contributed by atoms with van der Waals surface area (Å²) in [5.41, 5.74) is 0. The summed E-state index contributed by atoms with van der Waals surface area (Å²) in [5, 5.41) is 1.07. The van der Waals surface area contributed by atoms with Crippen molar-refractivity contribution in [3.05, 3.63) is 5.82 Å². The Balaban J connectivity index is 1.39. The van der Waals surface area contributed by atoms with Gasteiger partial charge in [-0.2, -0.15) is 4.37 Å². The average Bonchev–Trinajstić information content (AvgIpc) is 3.04. The van der Waals surface area contributed by atoms with Gasteiger partial charge in [-0.1, -0.05) is 0 Å². The minimum atomic E-state index is -0.266. The van der Waals surface area contributed by atoms with Crippen LogP contribution in [0.5, 0.6) is 0 Å². The van der Waals surface area contributed by atoms with Crippen molar-refractivity contribution in [3.8, 4) is 0 Å². The van der Waals surface area contributed by atoms with E-state index in [4.69, 9.17) is 14.5 Å². The van der Waals surface area contributed by atoms with Crippen LogP contribution in [-0.2, 0) is 9.47 Å². The predicted molar refractivity (Wildman–Crippen MR) is 77.2 cm³/mol. The fourth-order valence-corrected chi connectivity index (χ4v) is 4.03. The SMILES string of the molecule is CN(c1nc(C2CC2)ns1)C1CCC2(CC1)OCCO2. The Hall–Kier alpha value is -0.720. The second kappa shape index (κ2) is 4.93. The zero-order chi connectivity index (χ0) is 13.6. The van der Waals surface area contributed by atoms with Gasteiger partial charge in [0.2, 0.25) is 5.13 Å². The summed E-state index contributed by atoms with van der Waals surface area (Å²) in [6.45, 7) is 1.50. The molecule has 0 aromatic carbocycles. The molecule has 2 saturated carbocycles. The fraction of sp³-hybridized carbons (Fsp3) is 0.857. The summed E-state index contributed by atoms with van der Waals surface area (Å²) in [5.74, 6) is 1.44. The topological polar surface area (TPSA) is 47.5 Å². The molecule has 0 N–H and O–H groups in total. The maximum atomic E-state index is 5.79. The zero-order valence-corrected chi connectivity index (χ0v) is 12.7. The van der Waals surface area contributed by atoms with E-state index >= 15 is 0 Å². The molecular formula is C14H21N3O2S. The Morgan fingerprint density at radius 2 is 1.85 bits per heavy atom. The largest absolute Gasteiger partial charge is 0.348 e. The predicted octanol–water partition coefficient (Wildman–Crippen LogP) is 2.54. The lowest BCUT2D eigenvalue weighted by atomic mass is 9.89. The maximum absolute atomic E-state index is 5.79. The van der Waals surface area contributed by atoms with E-state index in [0.717, 1.165) is 49.9 Å². The van der Waals surface area contributed by atoms with E-state index in [1.807, 2.05) is 0 Å². The van der Waals surface area contributed by atoms with E-state index in [9.17, 15) is 0 Å². The zero-order valence-electron chi connectivity index (χ0n) is 11.9. The summed E-state index contributed by atoms with van der Waals surface area (Å²) in [4.78, 5) is 7.02. The molecular weight excluding hydrogens is 274 g/mol. The van der Waals surface area contributed by atoms with Gasteiger partial charge < -0.3 is 14.4 Å². The summed E-state index contributed by atoms with van der Waals surface area (Å²) >= 11 is 1.55. The summed E-state index contributed by atoms with van der Waals surface area (Å²) < 4.78 is 16.1. The van der Waals surface area contributed by atoms with Crippen LogP contribution in [0, 0.1) is 0 Å². The highest BCUT2D eigenvalue weighted by Crippen LogP contribution is 2.41. The molecule has 0 atom stereocenters. The molecule has 0 unspecified atom stereocenters. The molecule has 1 spiro atoms. The number of nitrogens with zero attached hydrogens (tertiary/aromatic N) is 3. The van der Waals surface area contributed by atoms with Gasteiger partial charge in [-0.05, 0) is 25.7 Å². The molecule has 0 radical (unpaired) electrons. The molecule has 3 aliphatic rings. The van der Waals surface area contributed by atoms with Crippen molar-refractivity contribution in [2.24, 2.45) is 0 Å². The second-order valence-corrected chi connectivity index (χ2v) is 6.89. The third-order valence-electron chi connectivity index (χ3n) is 4.75. The van der Waals surface area contributed by atoms with Crippen LogP contribution in [0.4, 0.5) is 5.13 Å². The van der Waals surface area contributed by atoms with E-state index in [1.165, 1.54) is 12.8 Å². The molecule has 1 aromatic rings. The van der Waals surface area contributed by atoms with E-state index in [2.05, 4.69) is 16.3 Å². The Labute approximate surface area is 123 Å². The van der Waals surface area contributed by atoms with Crippen molar-refractivity contribution >= 4 is 16.7 Å². The summed E-state index contributed by atoms with van der Waals surface area (Å²) in [6, 6.07) is 0.536. The molecule has 5 nitrogen and oxygen atoms in total. The molecule has 2 aliphatic carbocycles. The van der Waals surface area contributed by atoms with E-state index in [-0.39, 0.29) is 5.79 Å². The fourth-order valence-electron chi connectivity index (χ4n) is 3.25. The molecule has 2 heterocycles. The highest BCUT2D eigenvalue weighted by atomic mass is 32.1. The molecule has 110 valence electrons. The van der Waals surface area contributed by atoms with Gasteiger partial charge >= 0.3 is 0 Å². The van der Waals surface area contributed by atoms with Gasteiger partial charge in [0.15, 0.2) is 5.79 Å². The molecule has 1 aromatic heterocycles. The van der Waals surface area contributed by atoms with Gasteiger partial charge in [0, 0.05) is 43.4 Å². The molecule has 1 saturated heterocycles. The standard InChI is InChI=1S/C14H21N3O2S/c1-17(13-15-12(16-20-13)10-2-3-10)11-4-6-14(7-5-11)18-8-9-19-14/h10-11H,2-9H2,1H3. The Morgan fingerprint density at radius 3 is 2.50 bits per heavy atom. The number of rotatable bonds is 3. The smallest absolute Gasteiger partial charge is 0.205 e. The Morgan fingerprint density at radius 1 is 1.15 bits per heavy atom. The minimum Gasteiger partial charge on any atom is -0.348 e. The number of hydrogen-bond donors (Lipinski definition) is 0. The molecule has 6 heteroatoms. The normalized spacial score (nSPS) is 26.2. The first-order valence-corrected chi connectivity index (χ1v) is 8.37. The maximum Gasteiger partial charge on any atom is 0.205 e. The van der Waals surface area contributed by atoms with E-state index < -0.39 is 0 Å². The number of anilines is 1. The number of aromatic nitrogens is 2. The van der Waals surface area contributed by atoms with Crippen molar-refractivity contribution in [2.45, 2.75) is 56.3 Å². The summed E-state index contributed by atoms with van der Waals surface area (Å²) in [6.07, 6.45) is 6.73. The lowest BCUT2D eigenvalue weighted by Crippen LogP contribution is -2.42. The van der Waals surface area contributed by atoms with Crippen LogP contribution < -0.4 is 4.90 Å². The van der Waals surface area contributed by atoms with E-state index in [0.29, 0.717) is 12.0 Å². The Bertz CT molecular complexity index is 473. The van der Waals surface area contributed by atoms with Crippen LogP contribution in [-0.4, -0.2) is 41.4 Å². The molecule has 20 heavy (non-hydrogen) atoms. The van der Waals surface area contributed by atoms with Crippen LogP contribution in [0.25, 0.3) is 0 Å². The monoisotopic (exact) mass is 295 g/mol. The molecule has 4 rings (SSSR count). The third-order valence-corrected chi connectivity index (χ3v) is 5.57. The van der Waals surface area contributed by atoms with Crippen LogP contribution in [0.2, 0.25) is 0 Å². The second-order valence-electron chi connectivity index (χ2n) is 6.16. The highest BCUT2D eigenvalue weighted by molar-refractivity contribution is 7.09. The lowest BCUT2D eigenvalue weighted by Gasteiger charge is -2.38. The van der Waals surface area contributed by atoms with Crippen LogP contribution in [0.1, 0.15) is 50.3 Å². The molecule has 0 amide bonds. The van der Waals surface area contributed by atoms with Crippen molar-refractivity contribution in [2.75, 3.05) is 25.2 Å². The van der Waals surface area contributed by atoms with Gasteiger partial charge in [0.1, 0.15) is 5.82 Å². The lowest BCUT2D eigenvalue weighted by molar-refractivity contribution is -0.178. The first-order chi connectivity index (χ1) is 9.76. The van der Waals surface area contributed by atoms with E-state index in [1.54, 1.807) is 11.5 Å². The number of ether oxygens (including phenoxy) is 2.